The summed E-state index contributed by atoms with van der Waals surface area (Å²) in [5.74, 6) is 1.82. The summed E-state index contributed by atoms with van der Waals surface area (Å²) in [5.41, 5.74) is 7.16. The number of nitrogens with two attached hydrogens (primary N) is 1. The molecule has 0 spiro atoms. The maximum atomic E-state index is 6.01. The molecule has 3 heteroatoms. The van der Waals surface area contributed by atoms with E-state index in [-0.39, 0.29) is 10.8 Å². The molecule has 0 saturated heterocycles. The summed E-state index contributed by atoms with van der Waals surface area (Å²) in [6.45, 7) is 12.4. The SMILES string of the molecule is COc1ccc(OCCCC(C)(C)CN)c(C(C)(C)C)c1. The van der Waals surface area contributed by atoms with Gasteiger partial charge in [0.15, 0.2) is 0 Å². The largest absolute Gasteiger partial charge is 0.497 e. The Labute approximate surface area is 129 Å². The van der Waals surface area contributed by atoms with Gasteiger partial charge in [-0.05, 0) is 48.4 Å². The third kappa shape index (κ3) is 5.58. The number of hydrogen-bond acceptors (Lipinski definition) is 3. The van der Waals surface area contributed by atoms with Crippen molar-refractivity contribution in [3.8, 4) is 11.5 Å². The number of benzene rings is 1. The lowest BCUT2D eigenvalue weighted by Crippen LogP contribution is -2.24. The zero-order valence-corrected chi connectivity index (χ0v) is 14.5. The predicted octanol–water partition coefficient (Wildman–Crippen LogP) is 4.14. The van der Waals surface area contributed by atoms with Crippen LogP contribution in [0.5, 0.6) is 11.5 Å². The van der Waals surface area contributed by atoms with Gasteiger partial charge in [0.05, 0.1) is 13.7 Å². The highest BCUT2D eigenvalue weighted by Gasteiger charge is 2.20. The molecule has 0 aliphatic heterocycles. The molecule has 0 unspecified atom stereocenters. The van der Waals surface area contributed by atoms with Crippen LogP contribution in [0.25, 0.3) is 0 Å². The quantitative estimate of drug-likeness (QED) is 0.769. The third-order valence-corrected chi connectivity index (χ3v) is 3.80. The average molecular weight is 293 g/mol. The zero-order chi connectivity index (χ0) is 16.1. The molecule has 0 aromatic heterocycles. The van der Waals surface area contributed by atoms with Gasteiger partial charge in [0.2, 0.25) is 0 Å². The molecule has 0 fully saturated rings. The first kappa shape index (κ1) is 17.8. The van der Waals surface area contributed by atoms with E-state index in [1.54, 1.807) is 7.11 Å². The molecule has 0 aliphatic carbocycles. The van der Waals surface area contributed by atoms with Crippen LogP contribution in [0.2, 0.25) is 0 Å². The number of ether oxygens (including phenoxy) is 2. The van der Waals surface area contributed by atoms with Crippen molar-refractivity contribution in [3.05, 3.63) is 23.8 Å². The fraction of sp³-hybridized carbons (Fsp3) is 0.667. The number of hydrogen-bond donors (Lipinski definition) is 1. The summed E-state index contributed by atoms with van der Waals surface area (Å²) >= 11 is 0. The van der Waals surface area contributed by atoms with Crippen LogP contribution in [0, 0.1) is 5.41 Å². The topological polar surface area (TPSA) is 44.5 Å². The highest BCUT2D eigenvalue weighted by Crippen LogP contribution is 2.34. The first-order valence-electron chi connectivity index (χ1n) is 7.71. The molecule has 0 aliphatic rings. The monoisotopic (exact) mass is 293 g/mol. The van der Waals surface area contributed by atoms with Gasteiger partial charge in [-0.25, -0.2) is 0 Å². The molecule has 1 aromatic rings. The van der Waals surface area contributed by atoms with Crippen molar-refractivity contribution >= 4 is 0 Å². The van der Waals surface area contributed by atoms with E-state index in [4.69, 9.17) is 15.2 Å². The molecule has 120 valence electrons. The Morgan fingerprint density at radius 2 is 1.76 bits per heavy atom. The van der Waals surface area contributed by atoms with Crippen LogP contribution < -0.4 is 15.2 Å². The van der Waals surface area contributed by atoms with Crippen LogP contribution in [-0.4, -0.2) is 20.3 Å². The van der Waals surface area contributed by atoms with Crippen molar-refractivity contribution in [2.24, 2.45) is 11.1 Å². The maximum absolute atomic E-state index is 6.01. The third-order valence-electron chi connectivity index (χ3n) is 3.80. The van der Waals surface area contributed by atoms with Gasteiger partial charge in [-0.1, -0.05) is 34.6 Å². The second-order valence-electron chi connectivity index (χ2n) is 7.43. The van der Waals surface area contributed by atoms with E-state index in [1.807, 2.05) is 12.1 Å². The molecule has 0 saturated carbocycles. The molecule has 0 atom stereocenters. The minimum Gasteiger partial charge on any atom is -0.497 e. The summed E-state index contributed by atoms with van der Waals surface area (Å²) in [6, 6.07) is 6.03. The Hall–Kier alpha value is -1.22. The van der Waals surface area contributed by atoms with Crippen LogP contribution in [-0.2, 0) is 5.41 Å². The van der Waals surface area contributed by atoms with E-state index in [2.05, 4.69) is 40.7 Å². The van der Waals surface area contributed by atoms with Crippen molar-refractivity contribution in [3.63, 3.8) is 0 Å². The van der Waals surface area contributed by atoms with E-state index >= 15 is 0 Å². The van der Waals surface area contributed by atoms with Crippen molar-refractivity contribution in [2.45, 2.75) is 52.9 Å². The van der Waals surface area contributed by atoms with E-state index in [0.29, 0.717) is 6.54 Å². The van der Waals surface area contributed by atoms with Gasteiger partial charge >= 0.3 is 0 Å². The molecule has 1 aromatic carbocycles. The Balaban J connectivity index is 2.71. The Morgan fingerprint density at radius 1 is 1.10 bits per heavy atom. The van der Waals surface area contributed by atoms with Crippen molar-refractivity contribution in [2.75, 3.05) is 20.3 Å². The average Bonchev–Trinajstić information content (AvgIpc) is 2.42. The normalized spacial score (nSPS) is 12.3. The minimum atomic E-state index is 0.0282. The zero-order valence-electron chi connectivity index (χ0n) is 14.5. The van der Waals surface area contributed by atoms with Gasteiger partial charge in [-0.3, -0.25) is 0 Å². The summed E-state index contributed by atoms with van der Waals surface area (Å²) in [7, 11) is 1.69. The lowest BCUT2D eigenvalue weighted by atomic mass is 9.86. The van der Waals surface area contributed by atoms with Gasteiger partial charge in [0, 0.05) is 5.56 Å². The molecule has 2 N–H and O–H groups in total. The van der Waals surface area contributed by atoms with Gasteiger partial charge in [-0.2, -0.15) is 0 Å². The highest BCUT2D eigenvalue weighted by molar-refractivity contribution is 5.44. The van der Waals surface area contributed by atoms with E-state index in [1.165, 1.54) is 5.56 Å². The second kappa shape index (κ2) is 7.17. The number of rotatable bonds is 7. The molecule has 3 nitrogen and oxygen atoms in total. The smallest absolute Gasteiger partial charge is 0.123 e. The molecule has 0 bridgehead atoms. The lowest BCUT2D eigenvalue weighted by molar-refractivity contribution is 0.256. The first-order chi connectivity index (χ1) is 9.69. The molecule has 0 heterocycles. The predicted molar refractivity (Wildman–Crippen MR) is 89.3 cm³/mol. The standard InChI is InChI=1S/C18H31NO2/c1-17(2,3)15-12-14(20-6)8-9-16(15)21-11-7-10-18(4,5)13-19/h8-9,12H,7,10-11,13,19H2,1-6H3. The molecular formula is C18H31NO2. The fourth-order valence-corrected chi connectivity index (χ4v) is 2.18. The Morgan fingerprint density at radius 3 is 2.29 bits per heavy atom. The fourth-order valence-electron chi connectivity index (χ4n) is 2.18. The maximum Gasteiger partial charge on any atom is 0.123 e. The summed E-state index contributed by atoms with van der Waals surface area (Å²) in [5, 5.41) is 0. The molecule has 21 heavy (non-hydrogen) atoms. The van der Waals surface area contributed by atoms with E-state index in [0.717, 1.165) is 30.9 Å². The molecule has 0 radical (unpaired) electrons. The first-order valence-corrected chi connectivity index (χ1v) is 7.71. The van der Waals surface area contributed by atoms with E-state index in [9.17, 15) is 0 Å². The van der Waals surface area contributed by atoms with Gasteiger partial charge in [0.25, 0.3) is 0 Å². The van der Waals surface area contributed by atoms with Crippen LogP contribution in [0.4, 0.5) is 0 Å². The Bertz CT molecular complexity index is 447. The summed E-state index contributed by atoms with van der Waals surface area (Å²) in [4.78, 5) is 0. The minimum absolute atomic E-state index is 0.0282. The van der Waals surface area contributed by atoms with Crippen LogP contribution in [0.3, 0.4) is 0 Å². The van der Waals surface area contributed by atoms with Gasteiger partial charge in [0.1, 0.15) is 11.5 Å². The second-order valence-corrected chi connectivity index (χ2v) is 7.43. The van der Waals surface area contributed by atoms with Gasteiger partial charge < -0.3 is 15.2 Å². The summed E-state index contributed by atoms with van der Waals surface area (Å²) in [6.07, 6.45) is 2.09. The molecule has 1 rings (SSSR count). The lowest BCUT2D eigenvalue weighted by Gasteiger charge is -2.25. The van der Waals surface area contributed by atoms with Crippen molar-refractivity contribution < 1.29 is 9.47 Å². The van der Waals surface area contributed by atoms with Crippen molar-refractivity contribution in [1.82, 2.24) is 0 Å². The Kier molecular flexibility index (Phi) is 6.09. The van der Waals surface area contributed by atoms with Crippen LogP contribution in [0.15, 0.2) is 18.2 Å². The van der Waals surface area contributed by atoms with E-state index < -0.39 is 0 Å². The van der Waals surface area contributed by atoms with Crippen LogP contribution >= 0.6 is 0 Å². The van der Waals surface area contributed by atoms with Crippen LogP contribution in [0.1, 0.15) is 53.0 Å². The van der Waals surface area contributed by atoms with Gasteiger partial charge in [-0.15, -0.1) is 0 Å². The number of methoxy groups -OCH3 is 1. The highest BCUT2D eigenvalue weighted by atomic mass is 16.5. The molecular weight excluding hydrogens is 262 g/mol. The molecule has 0 amide bonds. The summed E-state index contributed by atoms with van der Waals surface area (Å²) < 4.78 is 11.3. The van der Waals surface area contributed by atoms with Crippen molar-refractivity contribution in [1.29, 1.82) is 0 Å².